The summed E-state index contributed by atoms with van der Waals surface area (Å²) in [5.74, 6) is 0.0236. The monoisotopic (exact) mass is 342 g/mol. The van der Waals surface area contributed by atoms with Crippen LogP contribution in [0.15, 0.2) is 59.1 Å². The summed E-state index contributed by atoms with van der Waals surface area (Å²) in [5, 5.41) is 0. The Morgan fingerprint density at radius 3 is 2.29 bits per heavy atom. The van der Waals surface area contributed by atoms with Crippen LogP contribution in [-0.2, 0) is 5.41 Å². The fourth-order valence-electron chi connectivity index (χ4n) is 2.01. The molecular weight excluding hydrogens is 324 g/mol. The standard InChI is InChI=1S/C19H19BrO/c1-19(2,3)16-10-8-15(9-11-16)18(21)12-7-14-5-4-6-17(20)13-14/h4-13H,1-3H3. The summed E-state index contributed by atoms with van der Waals surface area (Å²) in [6, 6.07) is 15.7. The Morgan fingerprint density at radius 2 is 1.71 bits per heavy atom. The second kappa shape index (κ2) is 6.40. The molecule has 0 bridgehead atoms. The van der Waals surface area contributed by atoms with Crippen LogP contribution in [0.3, 0.4) is 0 Å². The van der Waals surface area contributed by atoms with E-state index in [1.807, 2.05) is 54.6 Å². The Hall–Kier alpha value is -1.67. The van der Waals surface area contributed by atoms with E-state index in [0.29, 0.717) is 5.56 Å². The zero-order valence-electron chi connectivity index (χ0n) is 12.6. The van der Waals surface area contributed by atoms with E-state index in [1.165, 1.54) is 5.56 Å². The maximum absolute atomic E-state index is 12.2. The maximum atomic E-state index is 12.2. The smallest absolute Gasteiger partial charge is 0.185 e. The van der Waals surface area contributed by atoms with Crippen molar-refractivity contribution >= 4 is 27.8 Å². The molecule has 0 N–H and O–H groups in total. The van der Waals surface area contributed by atoms with E-state index in [1.54, 1.807) is 6.08 Å². The second-order valence-electron chi connectivity index (χ2n) is 6.08. The zero-order valence-corrected chi connectivity index (χ0v) is 14.1. The van der Waals surface area contributed by atoms with Crippen LogP contribution in [0.4, 0.5) is 0 Å². The predicted octanol–water partition coefficient (Wildman–Crippen LogP) is 5.64. The summed E-state index contributed by atoms with van der Waals surface area (Å²) in [6.07, 6.45) is 3.46. The highest BCUT2D eigenvalue weighted by molar-refractivity contribution is 9.10. The third kappa shape index (κ3) is 4.40. The van der Waals surface area contributed by atoms with E-state index in [9.17, 15) is 4.79 Å². The second-order valence-corrected chi connectivity index (χ2v) is 7.00. The van der Waals surface area contributed by atoms with Crippen LogP contribution in [0.25, 0.3) is 6.08 Å². The van der Waals surface area contributed by atoms with E-state index >= 15 is 0 Å². The van der Waals surface area contributed by atoms with Gasteiger partial charge in [-0.2, -0.15) is 0 Å². The molecule has 0 saturated carbocycles. The molecule has 0 saturated heterocycles. The number of benzene rings is 2. The van der Waals surface area contributed by atoms with Gasteiger partial charge in [0.15, 0.2) is 5.78 Å². The molecule has 0 amide bonds. The minimum absolute atomic E-state index is 0.0236. The summed E-state index contributed by atoms with van der Waals surface area (Å²) in [7, 11) is 0. The maximum Gasteiger partial charge on any atom is 0.185 e. The normalized spacial score (nSPS) is 11.8. The zero-order chi connectivity index (χ0) is 15.5. The van der Waals surface area contributed by atoms with Crippen molar-refractivity contribution in [2.45, 2.75) is 26.2 Å². The van der Waals surface area contributed by atoms with Gasteiger partial charge in [0.25, 0.3) is 0 Å². The third-order valence-electron chi connectivity index (χ3n) is 3.31. The van der Waals surface area contributed by atoms with Gasteiger partial charge in [-0.15, -0.1) is 0 Å². The lowest BCUT2D eigenvalue weighted by Gasteiger charge is -2.18. The highest BCUT2D eigenvalue weighted by Gasteiger charge is 2.13. The molecule has 0 spiro atoms. The highest BCUT2D eigenvalue weighted by atomic mass is 79.9. The average Bonchev–Trinajstić information content (AvgIpc) is 2.44. The molecule has 0 aliphatic heterocycles. The van der Waals surface area contributed by atoms with Gasteiger partial charge in [0, 0.05) is 10.0 Å². The van der Waals surface area contributed by atoms with Crippen molar-refractivity contribution in [2.24, 2.45) is 0 Å². The van der Waals surface area contributed by atoms with E-state index in [0.717, 1.165) is 10.0 Å². The van der Waals surface area contributed by atoms with Crippen molar-refractivity contribution in [3.8, 4) is 0 Å². The van der Waals surface area contributed by atoms with Gasteiger partial charge in [-0.25, -0.2) is 0 Å². The van der Waals surface area contributed by atoms with E-state index < -0.39 is 0 Å². The predicted molar refractivity (Wildman–Crippen MR) is 92.6 cm³/mol. The number of hydrogen-bond acceptors (Lipinski definition) is 1. The molecule has 108 valence electrons. The number of hydrogen-bond donors (Lipinski definition) is 0. The fraction of sp³-hybridized carbons (Fsp3) is 0.211. The van der Waals surface area contributed by atoms with Crippen LogP contribution >= 0.6 is 15.9 Å². The SMILES string of the molecule is CC(C)(C)c1ccc(C(=O)C=Cc2cccc(Br)c2)cc1. The van der Waals surface area contributed by atoms with Crippen molar-refractivity contribution < 1.29 is 4.79 Å². The molecule has 2 aromatic rings. The van der Waals surface area contributed by atoms with Gasteiger partial charge in [0.1, 0.15) is 0 Å². The van der Waals surface area contributed by atoms with Crippen LogP contribution in [0, 0.1) is 0 Å². The quantitative estimate of drug-likeness (QED) is 0.520. The van der Waals surface area contributed by atoms with Gasteiger partial charge in [0.05, 0.1) is 0 Å². The Labute approximate surface area is 134 Å². The topological polar surface area (TPSA) is 17.1 Å². The first-order valence-electron chi connectivity index (χ1n) is 6.95. The van der Waals surface area contributed by atoms with Crippen LogP contribution < -0.4 is 0 Å². The Morgan fingerprint density at radius 1 is 1.05 bits per heavy atom. The number of carbonyl (C=O) groups is 1. The Bertz CT molecular complexity index is 661. The molecule has 0 unspecified atom stereocenters. The Kier molecular flexibility index (Phi) is 4.79. The molecule has 0 atom stereocenters. The Balaban J connectivity index is 2.14. The molecule has 1 nitrogen and oxygen atoms in total. The molecule has 0 aliphatic carbocycles. The number of allylic oxidation sites excluding steroid dienone is 1. The summed E-state index contributed by atoms with van der Waals surface area (Å²) < 4.78 is 1.01. The first kappa shape index (κ1) is 15.7. The third-order valence-corrected chi connectivity index (χ3v) is 3.80. The van der Waals surface area contributed by atoms with Crippen LogP contribution in [-0.4, -0.2) is 5.78 Å². The van der Waals surface area contributed by atoms with E-state index in [4.69, 9.17) is 0 Å². The molecule has 2 heteroatoms. The number of carbonyl (C=O) groups excluding carboxylic acids is 1. The minimum atomic E-state index is 0.0236. The molecule has 2 aromatic carbocycles. The molecule has 0 heterocycles. The summed E-state index contributed by atoms with van der Waals surface area (Å²) in [4.78, 5) is 12.2. The largest absolute Gasteiger partial charge is 0.289 e. The van der Waals surface area contributed by atoms with Crippen molar-refractivity contribution in [3.05, 3.63) is 75.8 Å². The van der Waals surface area contributed by atoms with Crippen LogP contribution in [0.5, 0.6) is 0 Å². The van der Waals surface area contributed by atoms with Crippen molar-refractivity contribution in [2.75, 3.05) is 0 Å². The molecule has 0 aliphatic rings. The molecule has 21 heavy (non-hydrogen) atoms. The van der Waals surface area contributed by atoms with E-state index in [2.05, 4.69) is 36.7 Å². The van der Waals surface area contributed by atoms with Crippen LogP contribution in [0.2, 0.25) is 0 Å². The number of rotatable bonds is 3. The van der Waals surface area contributed by atoms with Crippen molar-refractivity contribution in [3.63, 3.8) is 0 Å². The lowest BCUT2D eigenvalue weighted by Crippen LogP contribution is -2.11. The van der Waals surface area contributed by atoms with Crippen molar-refractivity contribution in [1.82, 2.24) is 0 Å². The number of ketones is 1. The molecule has 0 fully saturated rings. The van der Waals surface area contributed by atoms with Gasteiger partial charge < -0.3 is 0 Å². The van der Waals surface area contributed by atoms with Gasteiger partial charge in [-0.05, 0) is 34.8 Å². The summed E-state index contributed by atoms with van der Waals surface area (Å²) in [5.41, 5.74) is 3.06. The summed E-state index contributed by atoms with van der Waals surface area (Å²) in [6.45, 7) is 6.49. The van der Waals surface area contributed by atoms with Gasteiger partial charge in [0.2, 0.25) is 0 Å². The van der Waals surface area contributed by atoms with Gasteiger partial charge in [-0.1, -0.05) is 79.2 Å². The molecule has 0 aromatic heterocycles. The van der Waals surface area contributed by atoms with Gasteiger partial charge >= 0.3 is 0 Å². The molecule has 2 rings (SSSR count). The van der Waals surface area contributed by atoms with Crippen LogP contribution in [0.1, 0.15) is 42.3 Å². The van der Waals surface area contributed by atoms with E-state index in [-0.39, 0.29) is 11.2 Å². The minimum Gasteiger partial charge on any atom is -0.289 e. The van der Waals surface area contributed by atoms with Gasteiger partial charge in [-0.3, -0.25) is 4.79 Å². The average molecular weight is 343 g/mol. The summed E-state index contributed by atoms with van der Waals surface area (Å²) >= 11 is 3.42. The van der Waals surface area contributed by atoms with Crippen molar-refractivity contribution in [1.29, 1.82) is 0 Å². The molecule has 0 radical (unpaired) electrons. The molecular formula is C19H19BrO. The first-order valence-corrected chi connectivity index (χ1v) is 7.74. The number of halogens is 1. The fourth-order valence-corrected chi connectivity index (χ4v) is 2.43. The lowest BCUT2D eigenvalue weighted by atomic mass is 9.86. The highest BCUT2D eigenvalue weighted by Crippen LogP contribution is 2.22. The first-order chi connectivity index (χ1) is 9.86. The lowest BCUT2D eigenvalue weighted by molar-refractivity contribution is 0.104.